The van der Waals surface area contributed by atoms with Crippen molar-refractivity contribution < 1.29 is 4.79 Å². The number of hydrogen-bond donors (Lipinski definition) is 0. The molecule has 0 N–H and O–H groups in total. The van der Waals surface area contributed by atoms with Crippen LogP contribution in [0.3, 0.4) is 0 Å². The van der Waals surface area contributed by atoms with Crippen molar-refractivity contribution in [3.05, 3.63) is 88.3 Å². The Morgan fingerprint density at radius 2 is 1.81 bits per heavy atom. The van der Waals surface area contributed by atoms with Gasteiger partial charge in [-0.05, 0) is 66.3 Å². The minimum absolute atomic E-state index is 0.0346. The molecule has 0 unspecified atom stereocenters. The third-order valence-corrected chi connectivity index (χ3v) is 6.64. The van der Waals surface area contributed by atoms with E-state index in [0.717, 1.165) is 36.2 Å². The molecule has 0 saturated heterocycles. The zero-order valence-corrected chi connectivity index (χ0v) is 20.6. The molecule has 180 valence electrons. The van der Waals surface area contributed by atoms with E-state index in [2.05, 4.69) is 22.0 Å². The Labute approximate surface area is 209 Å². The standard InChI is InChI=1S/C29H27N5O2/c1-32(2)29(36)21-11-9-20(10-12-21)22-5-4-6-24(15-22)34(18-19-7-8-19)26-16-27(35)33(3)25-14-13-23(17-30)31-28(25)26/h4-6,9-16,19H,7-8,18H2,1-3H3. The van der Waals surface area contributed by atoms with E-state index in [1.807, 2.05) is 42.5 Å². The van der Waals surface area contributed by atoms with Crippen LogP contribution in [-0.2, 0) is 7.05 Å². The lowest BCUT2D eigenvalue weighted by molar-refractivity contribution is 0.0827. The van der Waals surface area contributed by atoms with Gasteiger partial charge in [0.25, 0.3) is 11.5 Å². The van der Waals surface area contributed by atoms with Crippen molar-refractivity contribution in [2.24, 2.45) is 13.0 Å². The molecule has 2 aromatic heterocycles. The number of nitriles is 1. The Balaban J connectivity index is 1.61. The summed E-state index contributed by atoms with van der Waals surface area (Å²) < 4.78 is 1.56. The molecule has 1 aliphatic carbocycles. The Hall–Kier alpha value is -4.44. The van der Waals surface area contributed by atoms with Crippen LogP contribution in [0.25, 0.3) is 22.2 Å². The molecule has 7 heteroatoms. The second kappa shape index (κ2) is 9.31. The van der Waals surface area contributed by atoms with Crippen molar-refractivity contribution in [1.82, 2.24) is 14.5 Å². The maximum atomic E-state index is 12.9. The monoisotopic (exact) mass is 477 g/mol. The first-order valence-electron chi connectivity index (χ1n) is 12.0. The van der Waals surface area contributed by atoms with Gasteiger partial charge in [-0.1, -0.05) is 24.3 Å². The lowest BCUT2D eigenvalue weighted by Crippen LogP contribution is -2.25. The van der Waals surface area contributed by atoms with Gasteiger partial charge in [0.15, 0.2) is 0 Å². The molecule has 2 aromatic carbocycles. The van der Waals surface area contributed by atoms with Crippen molar-refractivity contribution in [2.75, 3.05) is 25.5 Å². The van der Waals surface area contributed by atoms with Crippen molar-refractivity contribution in [3.63, 3.8) is 0 Å². The normalized spacial score (nSPS) is 12.8. The van der Waals surface area contributed by atoms with Crippen LogP contribution in [0.15, 0.2) is 71.5 Å². The minimum Gasteiger partial charge on any atom is -0.345 e. The van der Waals surface area contributed by atoms with Gasteiger partial charge in [0, 0.05) is 45.0 Å². The summed E-state index contributed by atoms with van der Waals surface area (Å²) in [5.74, 6) is 0.510. The number of benzene rings is 2. The number of anilines is 2. The van der Waals surface area contributed by atoms with Gasteiger partial charge in [-0.25, -0.2) is 4.98 Å². The van der Waals surface area contributed by atoms with Crippen molar-refractivity contribution in [2.45, 2.75) is 12.8 Å². The molecule has 1 saturated carbocycles. The van der Waals surface area contributed by atoms with Gasteiger partial charge < -0.3 is 14.4 Å². The van der Waals surface area contributed by atoms with Gasteiger partial charge in [-0.15, -0.1) is 0 Å². The van der Waals surface area contributed by atoms with Crippen LogP contribution in [0.2, 0.25) is 0 Å². The number of amides is 1. The van der Waals surface area contributed by atoms with Gasteiger partial charge in [0.2, 0.25) is 0 Å². The van der Waals surface area contributed by atoms with Crippen molar-refractivity contribution in [3.8, 4) is 17.2 Å². The highest BCUT2D eigenvalue weighted by Crippen LogP contribution is 2.38. The minimum atomic E-state index is -0.123. The van der Waals surface area contributed by atoms with Crippen molar-refractivity contribution in [1.29, 1.82) is 5.26 Å². The fraction of sp³-hybridized carbons (Fsp3) is 0.241. The average molecular weight is 478 g/mol. The molecule has 0 aliphatic heterocycles. The van der Waals surface area contributed by atoms with Crippen LogP contribution < -0.4 is 10.5 Å². The fourth-order valence-electron chi connectivity index (χ4n) is 4.40. The number of fused-ring (bicyclic) bond motifs is 1. The van der Waals surface area contributed by atoms with Crippen LogP contribution in [0, 0.1) is 17.2 Å². The summed E-state index contributed by atoms with van der Waals surface area (Å²) in [5, 5.41) is 9.45. The Morgan fingerprint density at radius 3 is 2.47 bits per heavy atom. The summed E-state index contributed by atoms with van der Waals surface area (Å²) in [6.45, 7) is 0.764. The molecule has 0 bridgehead atoms. The predicted octanol–water partition coefficient (Wildman–Crippen LogP) is 4.72. The second-order valence-corrected chi connectivity index (χ2v) is 9.48. The molecule has 5 rings (SSSR count). The molecular weight excluding hydrogens is 450 g/mol. The van der Waals surface area contributed by atoms with Gasteiger partial charge in [0.1, 0.15) is 17.3 Å². The highest BCUT2D eigenvalue weighted by molar-refractivity contribution is 5.94. The molecule has 1 fully saturated rings. The van der Waals surface area contributed by atoms with E-state index in [1.54, 1.807) is 48.8 Å². The number of rotatable bonds is 6. The third kappa shape index (κ3) is 4.46. The molecule has 1 amide bonds. The van der Waals surface area contributed by atoms with Gasteiger partial charge in [0.05, 0.1) is 11.2 Å². The van der Waals surface area contributed by atoms with E-state index in [-0.39, 0.29) is 11.5 Å². The Bertz CT molecular complexity index is 1560. The number of pyridine rings is 2. The molecule has 36 heavy (non-hydrogen) atoms. The highest BCUT2D eigenvalue weighted by atomic mass is 16.2. The summed E-state index contributed by atoms with van der Waals surface area (Å²) in [6, 6.07) is 22.9. The summed E-state index contributed by atoms with van der Waals surface area (Å²) in [6.07, 6.45) is 2.30. The predicted molar refractivity (Wildman–Crippen MR) is 141 cm³/mol. The quantitative estimate of drug-likeness (QED) is 0.401. The van der Waals surface area contributed by atoms with Gasteiger partial charge in [-0.3, -0.25) is 9.59 Å². The fourth-order valence-corrected chi connectivity index (χ4v) is 4.40. The van der Waals surface area contributed by atoms with E-state index in [9.17, 15) is 14.9 Å². The van der Waals surface area contributed by atoms with Crippen LogP contribution >= 0.6 is 0 Å². The molecule has 4 aromatic rings. The number of aromatic nitrogens is 2. The zero-order chi connectivity index (χ0) is 25.4. The lowest BCUT2D eigenvalue weighted by Gasteiger charge is -2.27. The number of aryl methyl sites for hydroxylation is 1. The Morgan fingerprint density at radius 1 is 1.06 bits per heavy atom. The Kier molecular flexibility index (Phi) is 6.03. The average Bonchev–Trinajstić information content (AvgIpc) is 3.73. The third-order valence-electron chi connectivity index (χ3n) is 6.64. The second-order valence-electron chi connectivity index (χ2n) is 9.48. The number of carbonyl (C=O) groups excluding carboxylic acids is 1. The molecule has 1 aliphatic rings. The molecular formula is C29H27N5O2. The van der Waals surface area contributed by atoms with Crippen LogP contribution in [0.1, 0.15) is 28.9 Å². The van der Waals surface area contributed by atoms with E-state index in [4.69, 9.17) is 0 Å². The smallest absolute Gasteiger partial charge is 0.253 e. The molecule has 7 nitrogen and oxygen atoms in total. The zero-order valence-electron chi connectivity index (χ0n) is 20.6. The van der Waals surface area contributed by atoms with E-state index >= 15 is 0 Å². The van der Waals surface area contributed by atoms with Crippen LogP contribution in [0.5, 0.6) is 0 Å². The maximum absolute atomic E-state index is 12.9. The van der Waals surface area contributed by atoms with E-state index < -0.39 is 0 Å². The first kappa shape index (κ1) is 23.3. The summed E-state index contributed by atoms with van der Waals surface area (Å²) in [4.78, 5) is 33.5. The maximum Gasteiger partial charge on any atom is 0.253 e. The molecule has 0 atom stereocenters. The van der Waals surface area contributed by atoms with E-state index in [0.29, 0.717) is 33.9 Å². The lowest BCUT2D eigenvalue weighted by atomic mass is 10.0. The van der Waals surface area contributed by atoms with Gasteiger partial charge in [-0.2, -0.15) is 5.26 Å². The van der Waals surface area contributed by atoms with Gasteiger partial charge >= 0.3 is 0 Å². The summed E-state index contributed by atoms with van der Waals surface area (Å²) in [5.41, 5.74) is 5.82. The molecule has 0 spiro atoms. The van der Waals surface area contributed by atoms with Crippen LogP contribution in [0.4, 0.5) is 11.4 Å². The number of carbonyl (C=O) groups is 1. The topological polar surface area (TPSA) is 82.2 Å². The van der Waals surface area contributed by atoms with Crippen molar-refractivity contribution >= 4 is 28.3 Å². The first-order chi connectivity index (χ1) is 17.4. The highest BCUT2D eigenvalue weighted by Gasteiger charge is 2.27. The number of nitrogens with zero attached hydrogens (tertiary/aromatic N) is 5. The SMILES string of the molecule is CN(C)C(=O)c1ccc(-c2cccc(N(CC3CC3)c3cc(=O)n(C)c4ccc(C#N)nc34)c2)cc1. The summed E-state index contributed by atoms with van der Waals surface area (Å²) in [7, 11) is 5.20. The van der Waals surface area contributed by atoms with E-state index in [1.165, 1.54) is 0 Å². The van der Waals surface area contributed by atoms with Crippen LogP contribution in [-0.4, -0.2) is 41.0 Å². The largest absolute Gasteiger partial charge is 0.345 e. The first-order valence-corrected chi connectivity index (χ1v) is 12.0. The molecule has 0 radical (unpaired) electrons. The number of hydrogen-bond acceptors (Lipinski definition) is 5. The molecule has 2 heterocycles. The summed E-state index contributed by atoms with van der Waals surface area (Å²) >= 11 is 0.